The second-order valence-electron chi connectivity index (χ2n) is 7.41. The smallest absolute Gasteiger partial charge is 0.334 e. The Labute approximate surface area is 190 Å². The Morgan fingerprint density at radius 3 is 1.77 bits per heavy atom. The molecule has 0 saturated heterocycles. The molecule has 0 amide bonds. The minimum absolute atomic E-state index is 0.0330. The van der Waals surface area contributed by atoms with Crippen LogP contribution in [0.3, 0.4) is 0 Å². The molecule has 31 heavy (non-hydrogen) atoms. The SMILES string of the molecule is C=C(Cc1cccc(Cl)c1)Cn1c(O)cc(=O)n(CC(=C)Cc2cccc(Cl)c2)c1=O. The van der Waals surface area contributed by atoms with Gasteiger partial charge in [0.1, 0.15) is 0 Å². The number of allylic oxidation sites excluding steroid dienone is 2. The lowest BCUT2D eigenvalue weighted by atomic mass is 10.1. The average molecular weight is 457 g/mol. The summed E-state index contributed by atoms with van der Waals surface area (Å²) in [6.45, 7) is 8.09. The van der Waals surface area contributed by atoms with Crippen LogP contribution in [0.4, 0.5) is 0 Å². The first kappa shape index (κ1) is 22.7. The number of aromatic nitrogens is 2. The maximum Gasteiger partial charge on any atom is 0.334 e. The summed E-state index contributed by atoms with van der Waals surface area (Å²) >= 11 is 12.0. The molecular formula is C24H22Cl2N2O3. The van der Waals surface area contributed by atoms with Gasteiger partial charge in [-0.25, -0.2) is 4.79 Å². The van der Waals surface area contributed by atoms with E-state index in [9.17, 15) is 14.7 Å². The minimum Gasteiger partial charge on any atom is -0.494 e. The van der Waals surface area contributed by atoms with Gasteiger partial charge in [-0.2, -0.15) is 0 Å². The van der Waals surface area contributed by atoms with Crippen molar-refractivity contribution in [3.8, 4) is 5.88 Å². The predicted molar refractivity (Wildman–Crippen MR) is 125 cm³/mol. The van der Waals surface area contributed by atoms with E-state index in [1.807, 2.05) is 36.4 Å². The molecular weight excluding hydrogens is 435 g/mol. The van der Waals surface area contributed by atoms with Gasteiger partial charge in [-0.1, -0.05) is 71.8 Å². The number of hydrogen-bond donors (Lipinski definition) is 1. The summed E-state index contributed by atoms with van der Waals surface area (Å²) in [6.07, 6.45) is 0.946. The van der Waals surface area contributed by atoms with Crippen molar-refractivity contribution >= 4 is 23.2 Å². The largest absolute Gasteiger partial charge is 0.494 e. The maximum atomic E-state index is 12.9. The Hall–Kier alpha value is -3.02. The van der Waals surface area contributed by atoms with Gasteiger partial charge in [-0.15, -0.1) is 0 Å². The topological polar surface area (TPSA) is 64.2 Å². The van der Waals surface area contributed by atoms with E-state index < -0.39 is 17.1 Å². The summed E-state index contributed by atoms with van der Waals surface area (Å²) in [5.74, 6) is -0.404. The van der Waals surface area contributed by atoms with Gasteiger partial charge >= 0.3 is 5.69 Å². The third-order valence-corrected chi connectivity index (χ3v) is 5.18. The molecule has 0 spiro atoms. The van der Waals surface area contributed by atoms with Crippen LogP contribution in [0.2, 0.25) is 10.0 Å². The quantitative estimate of drug-likeness (QED) is 0.502. The Morgan fingerprint density at radius 1 is 0.806 bits per heavy atom. The molecule has 7 heteroatoms. The molecule has 0 aliphatic carbocycles. The first-order valence-corrected chi connectivity index (χ1v) is 10.3. The van der Waals surface area contributed by atoms with Crippen LogP contribution in [0.1, 0.15) is 11.1 Å². The number of nitrogens with zero attached hydrogens (tertiary/aromatic N) is 2. The molecule has 0 radical (unpaired) electrons. The zero-order chi connectivity index (χ0) is 22.5. The van der Waals surface area contributed by atoms with Crippen LogP contribution in [0, 0.1) is 0 Å². The van der Waals surface area contributed by atoms with Gasteiger partial charge in [-0.05, 0) is 48.2 Å². The molecule has 0 atom stereocenters. The van der Waals surface area contributed by atoms with Gasteiger partial charge in [0.05, 0.1) is 19.2 Å². The second kappa shape index (κ2) is 9.86. The fraction of sp³-hybridized carbons (Fsp3) is 0.167. The lowest BCUT2D eigenvalue weighted by Gasteiger charge is -2.14. The van der Waals surface area contributed by atoms with Crippen molar-refractivity contribution in [3.05, 3.63) is 121 Å². The molecule has 0 aliphatic heterocycles. The summed E-state index contributed by atoms with van der Waals surface area (Å²) in [6, 6.07) is 15.7. The fourth-order valence-electron chi connectivity index (χ4n) is 3.33. The van der Waals surface area contributed by atoms with Crippen LogP contribution < -0.4 is 11.2 Å². The van der Waals surface area contributed by atoms with Crippen molar-refractivity contribution in [2.24, 2.45) is 0 Å². The third kappa shape index (κ3) is 6.00. The number of aromatic hydroxyl groups is 1. The molecule has 0 fully saturated rings. The molecule has 1 N–H and O–H groups in total. The summed E-state index contributed by atoms with van der Waals surface area (Å²) in [4.78, 5) is 25.3. The van der Waals surface area contributed by atoms with Crippen molar-refractivity contribution < 1.29 is 5.11 Å². The molecule has 0 aliphatic rings. The molecule has 1 heterocycles. The lowest BCUT2D eigenvalue weighted by Crippen LogP contribution is -2.40. The van der Waals surface area contributed by atoms with E-state index in [1.54, 1.807) is 12.1 Å². The zero-order valence-electron chi connectivity index (χ0n) is 16.9. The molecule has 0 saturated carbocycles. The fourth-order valence-corrected chi connectivity index (χ4v) is 3.75. The third-order valence-electron chi connectivity index (χ3n) is 4.71. The van der Waals surface area contributed by atoms with Crippen molar-refractivity contribution in [3.63, 3.8) is 0 Å². The molecule has 3 aromatic rings. The molecule has 0 unspecified atom stereocenters. The van der Waals surface area contributed by atoms with E-state index in [4.69, 9.17) is 23.2 Å². The summed E-state index contributed by atoms with van der Waals surface area (Å²) in [5.41, 5.74) is 2.00. The van der Waals surface area contributed by atoms with Gasteiger partial charge in [-0.3, -0.25) is 13.9 Å². The lowest BCUT2D eigenvalue weighted by molar-refractivity contribution is 0.398. The van der Waals surface area contributed by atoms with Gasteiger partial charge < -0.3 is 5.11 Å². The molecule has 160 valence electrons. The Bertz CT molecular complexity index is 1260. The van der Waals surface area contributed by atoms with E-state index in [2.05, 4.69) is 13.2 Å². The van der Waals surface area contributed by atoms with Gasteiger partial charge in [0, 0.05) is 10.0 Å². The molecule has 5 nitrogen and oxygen atoms in total. The van der Waals surface area contributed by atoms with Crippen LogP contribution in [0.5, 0.6) is 5.88 Å². The summed E-state index contributed by atoms with van der Waals surface area (Å²) in [5, 5.41) is 11.4. The van der Waals surface area contributed by atoms with Crippen molar-refractivity contribution in [2.75, 3.05) is 0 Å². The van der Waals surface area contributed by atoms with Gasteiger partial charge in [0.15, 0.2) is 0 Å². The first-order valence-electron chi connectivity index (χ1n) is 9.59. The highest BCUT2D eigenvalue weighted by Gasteiger charge is 2.13. The highest BCUT2D eigenvalue weighted by Crippen LogP contribution is 2.16. The highest BCUT2D eigenvalue weighted by molar-refractivity contribution is 6.30. The van der Waals surface area contributed by atoms with E-state index in [0.29, 0.717) is 34.0 Å². The molecule has 3 rings (SSSR count). The second-order valence-corrected chi connectivity index (χ2v) is 8.28. The number of halogens is 2. The van der Waals surface area contributed by atoms with E-state index in [1.165, 1.54) is 0 Å². The van der Waals surface area contributed by atoms with E-state index >= 15 is 0 Å². The molecule has 2 aromatic carbocycles. The van der Waals surface area contributed by atoms with Crippen LogP contribution in [0.15, 0.2) is 88.5 Å². The van der Waals surface area contributed by atoms with E-state index in [-0.39, 0.29) is 13.1 Å². The number of benzene rings is 2. The normalized spacial score (nSPS) is 10.8. The van der Waals surface area contributed by atoms with Crippen molar-refractivity contribution in [1.82, 2.24) is 9.13 Å². The van der Waals surface area contributed by atoms with Gasteiger partial charge in [0.2, 0.25) is 5.88 Å². The molecule has 0 bridgehead atoms. The van der Waals surface area contributed by atoms with Crippen LogP contribution >= 0.6 is 23.2 Å². The first-order chi connectivity index (χ1) is 14.7. The number of hydrogen-bond acceptors (Lipinski definition) is 3. The average Bonchev–Trinajstić information content (AvgIpc) is 2.68. The van der Waals surface area contributed by atoms with Crippen molar-refractivity contribution in [1.29, 1.82) is 0 Å². The van der Waals surface area contributed by atoms with Crippen LogP contribution in [-0.2, 0) is 25.9 Å². The van der Waals surface area contributed by atoms with Gasteiger partial charge in [0.25, 0.3) is 5.56 Å². The summed E-state index contributed by atoms with van der Waals surface area (Å²) < 4.78 is 2.18. The highest BCUT2D eigenvalue weighted by atomic mass is 35.5. The van der Waals surface area contributed by atoms with Crippen LogP contribution in [0.25, 0.3) is 0 Å². The maximum absolute atomic E-state index is 12.9. The Morgan fingerprint density at radius 2 is 1.29 bits per heavy atom. The van der Waals surface area contributed by atoms with E-state index in [0.717, 1.165) is 26.3 Å². The van der Waals surface area contributed by atoms with Crippen LogP contribution in [-0.4, -0.2) is 14.2 Å². The predicted octanol–water partition coefficient (Wildman–Crippen LogP) is 4.62. The zero-order valence-corrected chi connectivity index (χ0v) is 18.4. The standard InChI is InChI=1S/C24H22Cl2N2O3/c1-16(9-18-5-3-7-20(25)11-18)14-27-22(29)13-23(30)28(24(27)31)15-17(2)10-19-6-4-8-21(26)12-19/h3-8,11-13,29H,1-2,9-10,14-15H2. The van der Waals surface area contributed by atoms with Crippen molar-refractivity contribution in [2.45, 2.75) is 25.9 Å². The monoisotopic (exact) mass is 456 g/mol. The summed E-state index contributed by atoms with van der Waals surface area (Å²) in [7, 11) is 0. The Kier molecular flexibility index (Phi) is 7.21. The minimum atomic E-state index is -0.621. The number of rotatable bonds is 8. The molecule has 1 aromatic heterocycles. The Balaban J connectivity index is 1.79.